The van der Waals surface area contributed by atoms with Crippen molar-refractivity contribution in [2.75, 3.05) is 19.6 Å². The van der Waals surface area contributed by atoms with Crippen LogP contribution in [0.4, 0.5) is 0 Å². The van der Waals surface area contributed by atoms with Crippen molar-refractivity contribution in [2.45, 2.75) is 38.6 Å². The molecule has 1 atom stereocenters. The van der Waals surface area contributed by atoms with Crippen molar-refractivity contribution in [3.8, 4) is 0 Å². The van der Waals surface area contributed by atoms with E-state index in [0.717, 1.165) is 25.9 Å². The molecule has 0 radical (unpaired) electrons. The van der Waals surface area contributed by atoms with Gasteiger partial charge in [0.05, 0.1) is 6.54 Å². The maximum atomic E-state index is 12.1. The SMILES string of the molecule is C[C@H](NCC(=O)N1CCCCCC1)c1ccncc1. The molecule has 1 saturated heterocycles. The zero-order valence-corrected chi connectivity index (χ0v) is 11.6. The number of carbonyl (C=O) groups excluding carboxylic acids is 1. The molecule has 0 spiro atoms. The molecule has 4 heteroatoms. The molecule has 0 unspecified atom stereocenters. The van der Waals surface area contributed by atoms with Crippen LogP contribution in [0.1, 0.15) is 44.2 Å². The lowest BCUT2D eigenvalue weighted by Crippen LogP contribution is -2.39. The topological polar surface area (TPSA) is 45.2 Å². The van der Waals surface area contributed by atoms with Gasteiger partial charge in [0.2, 0.25) is 5.91 Å². The highest BCUT2D eigenvalue weighted by Crippen LogP contribution is 2.11. The van der Waals surface area contributed by atoms with Crippen LogP contribution in [-0.4, -0.2) is 35.4 Å². The summed E-state index contributed by atoms with van der Waals surface area (Å²) in [5.41, 5.74) is 1.17. The summed E-state index contributed by atoms with van der Waals surface area (Å²) in [4.78, 5) is 18.1. The van der Waals surface area contributed by atoms with Crippen molar-refractivity contribution >= 4 is 5.91 Å². The number of aromatic nitrogens is 1. The number of pyridine rings is 1. The Hall–Kier alpha value is -1.42. The van der Waals surface area contributed by atoms with Gasteiger partial charge in [0.15, 0.2) is 0 Å². The molecule has 1 amide bonds. The number of likely N-dealkylation sites (tertiary alicyclic amines) is 1. The molecular weight excluding hydrogens is 238 g/mol. The van der Waals surface area contributed by atoms with E-state index in [2.05, 4.69) is 17.2 Å². The molecule has 19 heavy (non-hydrogen) atoms. The zero-order chi connectivity index (χ0) is 13.5. The Bertz CT molecular complexity index is 386. The highest BCUT2D eigenvalue weighted by molar-refractivity contribution is 5.78. The van der Waals surface area contributed by atoms with Gasteiger partial charge in [0.1, 0.15) is 0 Å². The van der Waals surface area contributed by atoms with Crippen molar-refractivity contribution in [2.24, 2.45) is 0 Å². The summed E-state index contributed by atoms with van der Waals surface area (Å²) >= 11 is 0. The normalized spacial score (nSPS) is 17.8. The first kappa shape index (κ1) is 14.0. The Morgan fingerprint density at radius 3 is 2.53 bits per heavy atom. The van der Waals surface area contributed by atoms with E-state index in [9.17, 15) is 4.79 Å². The second kappa shape index (κ2) is 7.24. The van der Waals surface area contributed by atoms with E-state index >= 15 is 0 Å². The summed E-state index contributed by atoms with van der Waals surface area (Å²) in [5.74, 6) is 0.225. The fourth-order valence-corrected chi connectivity index (χ4v) is 2.44. The summed E-state index contributed by atoms with van der Waals surface area (Å²) in [7, 11) is 0. The Morgan fingerprint density at radius 1 is 1.26 bits per heavy atom. The van der Waals surface area contributed by atoms with Gasteiger partial charge in [0, 0.05) is 31.5 Å². The van der Waals surface area contributed by atoms with Crippen LogP contribution < -0.4 is 5.32 Å². The summed E-state index contributed by atoms with van der Waals surface area (Å²) in [5, 5.41) is 3.30. The Balaban J connectivity index is 1.79. The van der Waals surface area contributed by atoms with E-state index in [1.165, 1.54) is 18.4 Å². The fourth-order valence-electron chi connectivity index (χ4n) is 2.44. The van der Waals surface area contributed by atoms with Gasteiger partial charge in [-0.1, -0.05) is 12.8 Å². The van der Waals surface area contributed by atoms with Crippen LogP contribution in [0.3, 0.4) is 0 Å². The second-order valence-corrected chi connectivity index (χ2v) is 5.18. The van der Waals surface area contributed by atoms with Crippen LogP contribution in [0.5, 0.6) is 0 Å². The van der Waals surface area contributed by atoms with Crippen LogP contribution in [0, 0.1) is 0 Å². The fraction of sp³-hybridized carbons (Fsp3) is 0.600. The molecule has 2 heterocycles. The molecular formula is C15H23N3O. The number of carbonyl (C=O) groups is 1. The minimum absolute atomic E-state index is 0.180. The summed E-state index contributed by atoms with van der Waals surface area (Å²) in [6.45, 7) is 4.34. The standard InChI is InChI=1S/C15H23N3O/c1-13(14-6-8-16-9-7-14)17-12-15(19)18-10-4-2-3-5-11-18/h6-9,13,17H,2-5,10-12H2,1H3/t13-/m0/s1. The van der Waals surface area contributed by atoms with Crippen LogP contribution >= 0.6 is 0 Å². The van der Waals surface area contributed by atoms with Crippen molar-refractivity contribution in [1.29, 1.82) is 0 Å². The number of nitrogens with zero attached hydrogens (tertiary/aromatic N) is 2. The van der Waals surface area contributed by atoms with Gasteiger partial charge in [-0.2, -0.15) is 0 Å². The first-order chi connectivity index (χ1) is 9.27. The maximum Gasteiger partial charge on any atom is 0.236 e. The third kappa shape index (κ3) is 4.31. The smallest absolute Gasteiger partial charge is 0.236 e. The van der Waals surface area contributed by atoms with Crippen molar-refractivity contribution in [1.82, 2.24) is 15.2 Å². The van der Waals surface area contributed by atoms with E-state index in [4.69, 9.17) is 0 Å². The molecule has 1 aliphatic heterocycles. The van der Waals surface area contributed by atoms with Crippen LogP contribution in [0.2, 0.25) is 0 Å². The molecule has 104 valence electrons. The van der Waals surface area contributed by atoms with E-state index in [0.29, 0.717) is 6.54 Å². The number of nitrogens with one attached hydrogen (secondary N) is 1. The minimum Gasteiger partial charge on any atom is -0.342 e. The number of amides is 1. The molecule has 0 aliphatic carbocycles. The van der Waals surface area contributed by atoms with Gasteiger partial charge >= 0.3 is 0 Å². The molecule has 2 rings (SSSR count). The third-order valence-electron chi connectivity index (χ3n) is 3.72. The van der Waals surface area contributed by atoms with Crippen LogP contribution in [0.15, 0.2) is 24.5 Å². The predicted octanol–water partition coefficient (Wildman–Crippen LogP) is 2.13. The average Bonchev–Trinajstić information content (AvgIpc) is 2.74. The molecule has 1 aromatic rings. The number of hydrogen-bond donors (Lipinski definition) is 1. The lowest BCUT2D eigenvalue weighted by molar-refractivity contribution is -0.130. The quantitative estimate of drug-likeness (QED) is 0.903. The molecule has 1 N–H and O–H groups in total. The molecule has 1 aromatic heterocycles. The van der Waals surface area contributed by atoms with Gasteiger partial charge < -0.3 is 10.2 Å². The lowest BCUT2D eigenvalue weighted by Gasteiger charge is -2.22. The first-order valence-electron chi connectivity index (χ1n) is 7.18. The van der Waals surface area contributed by atoms with Gasteiger partial charge in [-0.15, -0.1) is 0 Å². The zero-order valence-electron chi connectivity index (χ0n) is 11.6. The summed E-state index contributed by atoms with van der Waals surface area (Å²) in [6, 6.07) is 4.14. The molecule has 4 nitrogen and oxygen atoms in total. The lowest BCUT2D eigenvalue weighted by atomic mass is 10.1. The van der Waals surface area contributed by atoms with Crippen molar-refractivity contribution < 1.29 is 4.79 Å². The van der Waals surface area contributed by atoms with E-state index in [1.54, 1.807) is 12.4 Å². The molecule has 0 bridgehead atoms. The minimum atomic E-state index is 0.180. The van der Waals surface area contributed by atoms with Gasteiger partial charge in [0.25, 0.3) is 0 Å². The molecule has 0 saturated carbocycles. The summed E-state index contributed by atoms with van der Waals surface area (Å²) in [6.07, 6.45) is 8.36. The van der Waals surface area contributed by atoms with Crippen molar-refractivity contribution in [3.63, 3.8) is 0 Å². The first-order valence-corrected chi connectivity index (χ1v) is 7.18. The van der Waals surface area contributed by atoms with Gasteiger partial charge in [-0.25, -0.2) is 0 Å². The Labute approximate surface area is 115 Å². The van der Waals surface area contributed by atoms with E-state index < -0.39 is 0 Å². The maximum absolute atomic E-state index is 12.1. The van der Waals surface area contributed by atoms with E-state index in [1.807, 2.05) is 17.0 Å². The third-order valence-corrected chi connectivity index (χ3v) is 3.72. The largest absolute Gasteiger partial charge is 0.342 e. The molecule has 0 aromatic carbocycles. The van der Waals surface area contributed by atoms with Crippen LogP contribution in [-0.2, 0) is 4.79 Å². The predicted molar refractivity (Wildman–Crippen MR) is 75.7 cm³/mol. The van der Waals surface area contributed by atoms with E-state index in [-0.39, 0.29) is 11.9 Å². The molecule has 1 aliphatic rings. The Kier molecular flexibility index (Phi) is 5.33. The van der Waals surface area contributed by atoms with Crippen molar-refractivity contribution in [3.05, 3.63) is 30.1 Å². The second-order valence-electron chi connectivity index (χ2n) is 5.18. The molecule has 1 fully saturated rings. The highest BCUT2D eigenvalue weighted by Gasteiger charge is 2.16. The van der Waals surface area contributed by atoms with Crippen LogP contribution in [0.25, 0.3) is 0 Å². The van der Waals surface area contributed by atoms with Gasteiger partial charge in [-0.05, 0) is 37.5 Å². The monoisotopic (exact) mass is 261 g/mol. The average molecular weight is 261 g/mol. The number of rotatable bonds is 4. The Morgan fingerprint density at radius 2 is 1.89 bits per heavy atom. The summed E-state index contributed by atoms with van der Waals surface area (Å²) < 4.78 is 0. The highest BCUT2D eigenvalue weighted by atomic mass is 16.2. The number of hydrogen-bond acceptors (Lipinski definition) is 3. The van der Waals surface area contributed by atoms with Gasteiger partial charge in [-0.3, -0.25) is 9.78 Å².